The van der Waals surface area contributed by atoms with Crippen LogP contribution in [-0.2, 0) is 10.2 Å². The average molecular weight is 363 g/mol. The number of fused-ring (bicyclic) bond motifs is 1. The summed E-state index contributed by atoms with van der Waals surface area (Å²) in [5.41, 5.74) is 4.87. The lowest BCUT2D eigenvalue weighted by Crippen LogP contribution is -2.31. The summed E-state index contributed by atoms with van der Waals surface area (Å²) >= 11 is 0. The second kappa shape index (κ2) is 7.59. The summed E-state index contributed by atoms with van der Waals surface area (Å²) in [6.07, 6.45) is 2.49. The van der Waals surface area contributed by atoms with Gasteiger partial charge >= 0.3 is 0 Å². The van der Waals surface area contributed by atoms with Gasteiger partial charge in [-0.15, -0.1) is 0 Å². The molecule has 142 valence electrons. The van der Waals surface area contributed by atoms with Crippen LogP contribution in [0.15, 0.2) is 54.7 Å². The second-order valence-electron chi connectivity index (χ2n) is 8.64. The Bertz CT molecular complexity index is 913. The van der Waals surface area contributed by atoms with Crippen molar-refractivity contribution in [1.82, 2.24) is 10.3 Å². The van der Waals surface area contributed by atoms with Crippen LogP contribution in [-0.4, -0.2) is 16.9 Å². The van der Waals surface area contributed by atoms with E-state index in [0.29, 0.717) is 6.42 Å². The molecule has 1 amide bonds. The molecule has 3 rings (SSSR count). The molecule has 0 aliphatic carbocycles. The van der Waals surface area contributed by atoms with Gasteiger partial charge in [0, 0.05) is 35.5 Å². The molecule has 3 heteroatoms. The first kappa shape index (κ1) is 19.2. The average Bonchev–Trinajstić information content (AvgIpc) is 3.02. The molecular weight excluding hydrogens is 332 g/mol. The number of hydrogen-bond donors (Lipinski definition) is 2. The Kier molecular flexibility index (Phi) is 5.41. The van der Waals surface area contributed by atoms with Gasteiger partial charge in [0.2, 0.25) is 5.91 Å². The number of aromatic nitrogens is 1. The van der Waals surface area contributed by atoms with Crippen molar-refractivity contribution in [1.29, 1.82) is 0 Å². The molecule has 2 N–H and O–H groups in total. The zero-order valence-corrected chi connectivity index (χ0v) is 17.0. The van der Waals surface area contributed by atoms with Crippen molar-refractivity contribution >= 4 is 16.8 Å². The highest BCUT2D eigenvalue weighted by Crippen LogP contribution is 2.34. The lowest BCUT2D eigenvalue weighted by molar-refractivity contribution is -0.121. The molecule has 0 aliphatic heterocycles. The van der Waals surface area contributed by atoms with Gasteiger partial charge < -0.3 is 10.3 Å². The number of benzene rings is 2. The second-order valence-corrected chi connectivity index (χ2v) is 8.64. The molecule has 27 heavy (non-hydrogen) atoms. The molecule has 3 aromatic rings. The molecule has 0 spiro atoms. The Morgan fingerprint density at radius 3 is 2.33 bits per heavy atom. The van der Waals surface area contributed by atoms with Crippen LogP contribution in [0.5, 0.6) is 0 Å². The van der Waals surface area contributed by atoms with E-state index in [4.69, 9.17) is 0 Å². The first-order valence-electron chi connectivity index (χ1n) is 9.71. The van der Waals surface area contributed by atoms with Crippen LogP contribution in [0.1, 0.15) is 63.6 Å². The van der Waals surface area contributed by atoms with E-state index in [1.165, 1.54) is 22.1 Å². The number of para-hydroxylation sites is 1. The Hall–Kier alpha value is -2.55. The van der Waals surface area contributed by atoms with E-state index in [2.05, 4.69) is 73.7 Å². The van der Waals surface area contributed by atoms with Gasteiger partial charge in [-0.05, 0) is 42.0 Å². The maximum absolute atomic E-state index is 12.6. The predicted molar refractivity (Wildman–Crippen MR) is 113 cm³/mol. The Morgan fingerprint density at radius 1 is 1.04 bits per heavy atom. The van der Waals surface area contributed by atoms with Crippen LogP contribution in [0.4, 0.5) is 0 Å². The largest absolute Gasteiger partial charge is 0.361 e. The summed E-state index contributed by atoms with van der Waals surface area (Å²) in [6.45, 7) is 10.6. The summed E-state index contributed by atoms with van der Waals surface area (Å²) in [5.74, 6) is 0.106. The van der Waals surface area contributed by atoms with Crippen molar-refractivity contribution < 1.29 is 4.79 Å². The number of hydrogen-bond acceptors (Lipinski definition) is 1. The van der Waals surface area contributed by atoms with E-state index >= 15 is 0 Å². The molecule has 1 unspecified atom stereocenters. The SMILES string of the molecule is CC(C)NC(=O)CC(c1ccc(C(C)(C)C)cc1)c1c[nH]c2ccccc12. The molecule has 0 bridgehead atoms. The number of amides is 1. The number of nitrogens with one attached hydrogen (secondary N) is 2. The fraction of sp³-hybridized carbons (Fsp3) is 0.375. The van der Waals surface area contributed by atoms with Crippen molar-refractivity contribution in [2.45, 2.75) is 58.4 Å². The third kappa shape index (κ3) is 4.41. The number of rotatable bonds is 5. The van der Waals surface area contributed by atoms with Crippen LogP contribution in [0.2, 0.25) is 0 Å². The van der Waals surface area contributed by atoms with Crippen LogP contribution in [0.25, 0.3) is 10.9 Å². The third-order valence-corrected chi connectivity index (χ3v) is 5.01. The van der Waals surface area contributed by atoms with E-state index in [0.717, 1.165) is 5.52 Å². The van der Waals surface area contributed by atoms with Crippen molar-refractivity contribution in [3.8, 4) is 0 Å². The monoisotopic (exact) mass is 362 g/mol. The zero-order valence-electron chi connectivity index (χ0n) is 17.0. The molecule has 1 aromatic heterocycles. The van der Waals surface area contributed by atoms with Crippen molar-refractivity contribution in [3.05, 3.63) is 71.4 Å². The fourth-order valence-electron chi connectivity index (χ4n) is 3.57. The van der Waals surface area contributed by atoms with E-state index in [1.807, 2.05) is 26.0 Å². The molecule has 1 heterocycles. The summed E-state index contributed by atoms with van der Waals surface area (Å²) in [5, 5.41) is 4.22. The van der Waals surface area contributed by atoms with Gasteiger partial charge in [0.1, 0.15) is 0 Å². The Balaban J connectivity index is 2.01. The summed E-state index contributed by atoms with van der Waals surface area (Å²) in [4.78, 5) is 15.9. The molecule has 3 nitrogen and oxygen atoms in total. The minimum atomic E-state index is 0.0221. The highest BCUT2D eigenvalue weighted by molar-refractivity contribution is 5.86. The van der Waals surface area contributed by atoms with Crippen LogP contribution in [0.3, 0.4) is 0 Å². The van der Waals surface area contributed by atoms with E-state index in [1.54, 1.807) is 0 Å². The number of carbonyl (C=O) groups excluding carboxylic acids is 1. The van der Waals surface area contributed by atoms with Crippen molar-refractivity contribution in [2.75, 3.05) is 0 Å². The van der Waals surface area contributed by atoms with E-state index in [9.17, 15) is 4.79 Å². The highest BCUT2D eigenvalue weighted by atomic mass is 16.1. The summed E-state index contributed by atoms with van der Waals surface area (Å²) in [6, 6.07) is 17.2. The predicted octanol–water partition coefficient (Wildman–Crippen LogP) is 5.51. The normalized spacial score (nSPS) is 13.1. The molecule has 0 saturated carbocycles. The van der Waals surface area contributed by atoms with Gasteiger partial charge in [-0.3, -0.25) is 4.79 Å². The number of aromatic amines is 1. The van der Waals surface area contributed by atoms with Crippen LogP contribution >= 0.6 is 0 Å². The molecule has 0 fully saturated rings. The zero-order chi connectivity index (χ0) is 19.6. The number of carbonyl (C=O) groups is 1. The van der Waals surface area contributed by atoms with Crippen LogP contribution < -0.4 is 5.32 Å². The minimum absolute atomic E-state index is 0.0221. The van der Waals surface area contributed by atoms with Gasteiger partial charge in [0.15, 0.2) is 0 Å². The van der Waals surface area contributed by atoms with Gasteiger partial charge in [0.25, 0.3) is 0 Å². The van der Waals surface area contributed by atoms with E-state index < -0.39 is 0 Å². The minimum Gasteiger partial charge on any atom is -0.361 e. The standard InChI is InChI=1S/C24H30N2O/c1-16(2)26-23(27)14-20(17-10-12-18(13-11-17)24(3,4)5)21-15-25-22-9-7-6-8-19(21)22/h6-13,15-16,20,25H,14H2,1-5H3,(H,26,27). The molecular formula is C24H30N2O. The molecule has 2 aromatic carbocycles. The van der Waals surface area contributed by atoms with Crippen molar-refractivity contribution in [3.63, 3.8) is 0 Å². The van der Waals surface area contributed by atoms with Gasteiger partial charge in [-0.2, -0.15) is 0 Å². The summed E-state index contributed by atoms with van der Waals surface area (Å²) < 4.78 is 0. The van der Waals surface area contributed by atoms with Gasteiger partial charge in [-0.1, -0.05) is 63.2 Å². The Morgan fingerprint density at radius 2 is 1.70 bits per heavy atom. The van der Waals surface area contributed by atoms with Gasteiger partial charge in [-0.25, -0.2) is 0 Å². The smallest absolute Gasteiger partial charge is 0.221 e. The molecule has 0 aliphatic rings. The lowest BCUT2D eigenvalue weighted by Gasteiger charge is -2.22. The maximum atomic E-state index is 12.6. The first-order chi connectivity index (χ1) is 12.8. The highest BCUT2D eigenvalue weighted by Gasteiger charge is 2.22. The van der Waals surface area contributed by atoms with Gasteiger partial charge in [0.05, 0.1) is 0 Å². The Labute approximate surface area is 162 Å². The first-order valence-corrected chi connectivity index (χ1v) is 9.71. The quantitative estimate of drug-likeness (QED) is 0.617. The molecule has 1 atom stereocenters. The van der Waals surface area contributed by atoms with Crippen molar-refractivity contribution in [2.24, 2.45) is 0 Å². The maximum Gasteiger partial charge on any atom is 0.221 e. The molecule has 0 saturated heterocycles. The molecule has 0 radical (unpaired) electrons. The topological polar surface area (TPSA) is 44.9 Å². The van der Waals surface area contributed by atoms with E-state index in [-0.39, 0.29) is 23.3 Å². The fourth-order valence-corrected chi connectivity index (χ4v) is 3.57. The lowest BCUT2D eigenvalue weighted by atomic mass is 9.83. The summed E-state index contributed by atoms with van der Waals surface area (Å²) in [7, 11) is 0. The number of H-pyrrole nitrogens is 1. The third-order valence-electron chi connectivity index (χ3n) is 5.01. The van der Waals surface area contributed by atoms with Crippen LogP contribution in [0, 0.1) is 0 Å².